The number of carboxylic acids is 3. The van der Waals surface area contributed by atoms with Gasteiger partial charge in [0.15, 0.2) is 5.96 Å². The van der Waals surface area contributed by atoms with Gasteiger partial charge in [-0.15, -0.1) is 0 Å². The van der Waals surface area contributed by atoms with Crippen molar-refractivity contribution in [3.8, 4) is 0 Å². The molecule has 19 amide bonds. The van der Waals surface area contributed by atoms with E-state index in [1.54, 1.807) is 48.5 Å². The number of hydrogen-bond acceptors (Lipinski definition) is 25. The smallest absolute Gasteiger partial charge is 0.326 e. The molecule has 0 heterocycles. The monoisotopic (exact) mass is 1730 g/mol. The number of primary amides is 5. The van der Waals surface area contributed by atoms with Crippen LogP contribution in [0.3, 0.4) is 0 Å². The van der Waals surface area contributed by atoms with Crippen LogP contribution >= 0.6 is 0 Å². The van der Waals surface area contributed by atoms with E-state index in [0.29, 0.717) is 0 Å². The zero-order valence-electron chi connectivity index (χ0n) is 69.6. The molecule has 0 spiro atoms. The third-order valence-corrected chi connectivity index (χ3v) is 17.9. The van der Waals surface area contributed by atoms with Gasteiger partial charge in [-0.1, -0.05) is 75.7 Å². The average Bonchev–Trinajstić information content (AvgIpc) is 0.853. The van der Waals surface area contributed by atoms with Gasteiger partial charge in [0.2, 0.25) is 112 Å². The number of aliphatic imine (C=N–C) groups is 1. The van der Waals surface area contributed by atoms with E-state index in [0.717, 1.165) is 6.92 Å². The van der Waals surface area contributed by atoms with Crippen LogP contribution in [-0.2, 0) is 105 Å². The molecule has 49 nitrogen and oxygen atoms in total. The van der Waals surface area contributed by atoms with Crippen molar-refractivity contribution in [1.82, 2.24) is 74.4 Å². The molecule has 16 atom stereocenters. The summed E-state index contributed by atoms with van der Waals surface area (Å²) in [5, 5.41) is 71.1. The van der Waals surface area contributed by atoms with Gasteiger partial charge < -0.3 is 141 Å². The molecule has 0 aliphatic rings. The fourth-order valence-corrected chi connectivity index (χ4v) is 11.3. The van der Waals surface area contributed by atoms with Crippen LogP contribution in [-0.4, -0.2) is 260 Å². The van der Waals surface area contributed by atoms with Crippen LogP contribution in [0.15, 0.2) is 4.99 Å². The Balaban J connectivity index is 7.08. The molecule has 49 heteroatoms. The Labute approximate surface area is 697 Å². The fourth-order valence-electron chi connectivity index (χ4n) is 11.3. The summed E-state index contributed by atoms with van der Waals surface area (Å²) < 4.78 is 0. The molecule has 0 aromatic heterocycles. The van der Waals surface area contributed by atoms with Crippen LogP contribution in [0.5, 0.6) is 0 Å². The van der Waals surface area contributed by atoms with Crippen LogP contribution < -0.4 is 120 Å². The standard InChI is InChI=1S/C72H123N23O26/c1-12-34(10)56(95-61(110)38(16-19-49(75)98)84-63(112)43(24-32(6)7)93-69(118)55(33(8)9)94-68(117)46(27-52(78)101)91-59(108)37(15-18-48(74)97)83-58(107)36(73)29-96)70(119)82-35(11)57(106)87-44(25-50(76)99)65(114)92-47(28-54(104)105)67(116)89-41(22-30(2)3)62(111)85-39(17-20-53(102)103)60(109)90-45(26-51(77)100)66(115)88-42(23-31(4)5)64(113)86-40(71(120)121)14-13-21-81-72(79)80/h30-47,55-56,96H,12-29,73H2,1-11H3,(H2,74,97)(H2,75,98)(H2,76,99)(H2,77,100)(H2,78,101)(H,82,119)(H,83,107)(H,84,112)(H,85,111)(H,86,113)(H,87,106)(H,88,115)(H,89,116)(H,90,109)(H,91,108)(H,92,114)(H,93,118)(H,94,117)(H,95,110)(H,102,103)(H,104,105)(H,120,121)(H4,79,80,81)/t34-,35-,36-,37-,38-,39-,40-,41-,42-,43-,44-,45-,46-,47-,55-,56-/m0/s1. The number of hydrogen-bond donors (Lipinski definition) is 26. The van der Waals surface area contributed by atoms with E-state index < -0.39 is 315 Å². The number of aliphatic hydroxyl groups is 1. The van der Waals surface area contributed by atoms with Gasteiger partial charge in [0.1, 0.15) is 90.6 Å². The van der Waals surface area contributed by atoms with Crippen LogP contribution in [0.1, 0.15) is 179 Å². The number of aliphatic carboxylic acids is 3. The topological polar surface area (TPSA) is 845 Å². The Morgan fingerprint density at radius 2 is 0.612 bits per heavy atom. The van der Waals surface area contributed by atoms with Gasteiger partial charge in [-0.25, -0.2) is 4.79 Å². The highest BCUT2D eigenvalue weighted by molar-refractivity contribution is 6.03. The molecular weight excluding hydrogens is 1600 g/mol. The molecule has 34 N–H and O–H groups in total. The van der Waals surface area contributed by atoms with Crippen molar-refractivity contribution >= 4 is 136 Å². The first-order valence-corrected chi connectivity index (χ1v) is 38.9. The zero-order valence-corrected chi connectivity index (χ0v) is 69.6. The summed E-state index contributed by atoms with van der Waals surface area (Å²) in [5.74, 6) is -30.1. The number of nitrogens with two attached hydrogens (primary N) is 8. The highest BCUT2D eigenvalue weighted by Gasteiger charge is 2.41. The molecule has 0 saturated heterocycles. The number of carbonyl (C=O) groups excluding carboxylic acids is 19. The summed E-state index contributed by atoms with van der Waals surface area (Å²) in [7, 11) is 0. The first-order chi connectivity index (χ1) is 56.1. The van der Waals surface area contributed by atoms with E-state index in [1.165, 1.54) is 20.8 Å². The predicted molar refractivity (Wildman–Crippen MR) is 425 cm³/mol. The maximum atomic E-state index is 14.4. The van der Waals surface area contributed by atoms with E-state index in [1.807, 2.05) is 0 Å². The normalized spacial score (nSPS) is 15.1. The highest BCUT2D eigenvalue weighted by Crippen LogP contribution is 2.16. The SMILES string of the molecule is CC[C@H](C)[C@H](NC(=O)[C@H](CCC(N)=O)NC(=O)[C@H](CC(C)C)NC(=O)[C@@H](NC(=O)[C@H](CC(N)=O)NC(=O)[C@H](CCC(N)=O)NC(=O)[C@@H](N)CO)C(C)C)C(=O)N[C@@H](C)C(=O)N[C@@H](CC(N)=O)C(=O)N[C@@H](CC(=O)O)C(=O)N[C@@H](CC(C)C)C(=O)N[C@@H](CCC(=O)O)C(=O)N[C@@H](CC(N)=O)C(=O)N[C@@H](CC(C)C)C(=O)N[C@@H](CCCN=C(N)N)C(=O)O. The Morgan fingerprint density at radius 3 is 0.942 bits per heavy atom. The molecule has 682 valence electrons. The number of carboxylic acid groups (broad SMARTS) is 3. The molecular formula is C72H123N23O26. The number of rotatable bonds is 60. The second-order valence-electron chi connectivity index (χ2n) is 30.5. The van der Waals surface area contributed by atoms with E-state index in [9.17, 15) is 126 Å². The second-order valence-corrected chi connectivity index (χ2v) is 30.5. The Hall–Kier alpha value is -12.5. The molecule has 0 aromatic carbocycles. The number of aliphatic hydroxyl groups excluding tert-OH is 1. The van der Waals surface area contributed by atoms with Gasteiger partial charge >= 0.3 is 17.9 Å². The molecule has 121 heavy (non-hydrogen) atoms. The Morgan fingerprint density at radius 1 is 0.314 bits per heavy atom. The van der Waals surface area contributed by atoms with E-state index in [-0.39, 0.29) is 56.9 Å². The Kier molecular flexibility index (Phi) is 49.0. The minimum absolute atomic E-state index is 0.00111. The van der Waals surface area contributed by atoms with Crippen molar-refractivity contribution < 1.29 is 126 Å². The van der Waals surface area contributed by atoms with E-state index in [2.05, 4.69) is 79.4 Å². The largest absolute Gasteiger partial charge is 0.481 e. The van der Waals surface area contributed by atoms with Gasteiger partial charge in [-0.2, -0.15) is 0 Å². The number of amides is 19. The lowest BCUT2D eigenvalue weighted by Gasteiger charge is -2.30. The minimum Gasteiger partial charge on any atom is -0.481 e. The maximum Gasteiger partial charge on any atom is 0.326 e. The first-order valence-electron chi connectivity index (χ1n) is 38.9. The van der Waals surface area contributed by atoms with Crippen LogP contribution in [0.2, 0.25) is 0 Å². The molecule has 0 saturated carbocycles. The molecule has 0 unspecified atom stereocenters. The van der Waals surface area contributed by atoms with Crippen molar-refractivity contribution in [3.05, 3.63) is 0 Å². The van der Waals surface area contributed by atoms with Gasteiger partial charge in [0.25, 0.3) is 0 Å². The van der Waals surface area contributed by atoms with Crippen molar-refractivity contribution in [2.75, 3.05) is 13.2 Å². The van der Waals surface area contributed by atoms with Gasteiger partial charge in [-0.3, -0.25) is 106 Å². The third-order valence-electron chi connectivity index (χ3n) is 17.9. The lowest BCUT2D eigenvalue weighted by molar-refractivity contribution is -0.143. The Bertz CT molecular complexity index is 3710. The van der Waals surface area contributed by atoms with Crippen molar-refractivity contribution in [2.45, 2.75) is 270 Å². The van der Waals surface area contributed by atoms with Gasteiger partial charge in [0.05, 0.1) is 32.3 Å². The molecule has 0 bridgehead atoms. The summed E-state index contributed by atoms with van der Waals surface area (Å²) in [4.78, 5) is 296. The summed E-state index contributed by atoms with van der Waals surface area (Å²) >= 11 is 0. The predicted octanol–water partition coefficient (Wildman–Crippen LogP) is -10.4. The summed E-state index contributed by atoms with van der Waals surface area (Å²) in [6.45, 7) is 15.9. The number of nitrogens with one attached hydrogen (secondary N) is 14. The highest BCUT2D eigenvalue weighted by atomic mass is 16.4. The van der Waals surface area contributed by atoms with Crippen molar-refractivity contribution in [3.63, 3.8) is 0 Å². The average molecular weight is 1730 g/mol. The number of nitrogens with zero attached hydrogens (tertiary/aromatic N) is 1. The summed E-state index contributed by atoms with van der Waals surface area (Å²) in [6.07, 6.45) is -8.41. The van der Waals surface area contributed by atoms with Gasteiger partial charge in [0, 0.05) is 25.8 Å². The molecule has 0 rings (SSSR count). The summed E-state index contributed by atoms with van der Waals surface area (Å²) in [5.41, 5.74) is 43.2. The minimum atomic E-state index is -2.19. The maximum absolute atomic E-state index is 14.4. The molecule has 0 fully saturated rings. The molecule has 0 aliphatic carbocycles. The number of carbonyl (C=O) groups is 22. The van der Waals surface area contributed by atoms with E-state index in [4.69, 9.17) is 45.9 Å². The van der Waals surface area contributed by atoms with Crippen molar-refractivity contribution in [2.24, 2.45) is 80.5 Å². The number of guanidine groups is 1. The van der Waals surface area contributed by atoms with Crippen LogP contribution in [0, 0.1) is 29.6 Å². The molecule has 0 aliphatic heterocycles. The third kappa shape index (κ3) is 43.7. The fraction of sp³-hybridized carbons (Fsp3) is 0.681. The van der Waals surface area contributed by atoms with Crippen LogP contribution in [0.4, 0.5) is 0 Å². The zero-order chi connectivity index (χ0) is 93.2. The van der Waals surface area contributed by atoms with Crippen molar-refractivity contribution in [1.29, 1.82) is 0 Å². The van der Waals surface area contributed by atoms with E-state index >= 15 is 0 Å². The van der Waals surface area contributed by atoms with Gasteiger partial charge in [-0.05, 0) is 87.9 Å². The summed E-state index contributed by atoms with van der Waals surface area (Å²) in [6, 6.07) is -26.1. The second kappa shape index (κ2) is 54.6. The first kappa shape index (κ1) is 109. The lowest BCUT2D eigenvalue weighted by Crippen LogP contribution is -2.62. The molecule has 0 radical (unpaired) electrons. The van der Waals surface area contributed by atoms with Crippen LogP contribution in [0.25, 0.3) is 0 Å². The molecule has 0 aromatic rings. The lowest BCUT2D eigenvalue weighted by atomic mass is 9.96. The quantitative estimate of drug-likeness (QED) is 0.0153.